The number of nitrogens with zero attached hydrogens (tertiary/aromatic N) is 3. The number of ether oxygens (including phenoxy) is 1. The Morgan fingerprint density at radius 2 is 1.73 bits per heavy atom. The first-order valence-electron chi connectivity index (χ1n) is 9.98. The molecule has 5 rings (SSSR count). The molecule has 1 aromatic heterocycles. The molecule has 1 saturated heterocycles. The molecule has 30 heavy (non-hydrogen) atoms. The summed E-state index contributed by atoms with van der Waals surface area (Å²) in [7, 11) is 0. The first-order valence-corrected chi connectivity index (χ1v) is 10.4. The topological polar surface area (TPSA) is 50.3 Å². The summed E-state index contributed by atoms with van der Waals surface area (Å²) >= 11 is 6.20. The van der Waals surface area contributed by atoms with Crippen molar-refractivity contribution in [2.45, 2.75) is 0 Å². The summed E-state index contributed by atoms with van der Waals surface area (Å²) in [5.41, 5.74) is 5.11. The Morgan fingerprint density at radius 3 is 2.53 bits per heavy atom. The highest BCUT2D eigenvalue weighted by molar-refractivity contribution is 6.30. The van der Waals surface area contributed by atoms with E-state index in [0.29, 0.717) is 11.0 Å². The lowest BCUT2D eigenvalue weighted by Gasteiger charge is -2.28. The van der Waals surface area contributed by atoms with E-state index in [1.807, 2.05) is 42.6 Å². The summed E-state index contributed by atoms with van der Waals surface area (Å²) in [5, 5.41) is 5.02. The van der Waals surface area contributed by atoms with E-state index in [9.17, 15) is 0 Å². The Balaban J connectivity index is 1.43. The maximum Gasteiger partial charge on any atom is 0.227 e. The number of morpholine rings is 1. The number of rotatable bonds is 4. The van der Waals surface area contributed by atoms with Crippen molar-refractivity contribution in [3.05, 3.63) is 77.9 Å². The molecule has 6 heteroatoms. The normalized spacial score (nSPS) is 14.1. The van der Waals surface area contributed by atoms with Gasteiger partial charge in [-0.15, -0.1) is 0 Å². The van der Waals surface area contributed by atoms with Crippen molar-refractivity contribution in [3.8, 4) is 11.1 Å². The molecule has 0 amide bonds. The second-order valence-electron chi connectivity index (χ2n) is 7.22. The van der Waals surface area contributed by atoms with Crippen LogP contribution in [0.15, 0.2) is 72.9 Å². The molecule has 0 bridgehead atoms. The summed E-state index contributed by atoms with van der Waals surface area (Å²) < 4.78 is 5.43. The summed E-state index contributed by atoms with van der Waals surface area (Å²) in [6, 6.07) is 22.3. The van der Waals surface area contributed by atoms with Crippen molar-refractivity contribution in [1.82, 2.24) is 9.97 Å². The maximum absolute atomic E-state index is 6.20. The van der Waals surface area contributed by atoms with Gasteiger partial charge in [-0.3, -0.25) is 0 Å². The van der Waals surface area contributed by atoms with Gasteiger partial charge in [0.1, 0.15) is 0 Å². The van der Waals surface area contributed by atoms with Gasteiger partial charge in [0.15, 0.2) is 0 Å². The number of aromatic nitrogens is 2. The molecule has 0 aliphatic carbocycles. The zero-order chi connectivity index (χ0) is 20.3. The number of para-hydroxylation sites is 1. The van der Waals surface area contributed by atoms with Gasteiger partial charge < -0.3 is 15.0 Å². The maximum atomic E-state index is 6.20. The fourth-order valence-corrected chi connectivity index (χ4v) is 3.90. The predicted octanol–water partition coefficient (Wildman–Crippen LogP) is 5.53. The van der Waals surface area contributed by atoms with Crippen LogP contribution in [-0.4, -0.2) is 36.3 Å². The van der Waals surface area contributed by atoms with Gasteiger partial charge in [-0.2, -0.15) is 0 Å². The lowest BCUT2D eigenvalue weighted by Crippen LogP contribution is -2.36. The molecule has 4 aromatic rings. The molecule has 0 unspecified atom stereocenters. The molecule has 1 N–H and O–H groups in total. The fraction of sp³-hybridized carbons (Fsp3) is 0.167. The Bertz CT molecular complexity index is 1170. The average molecular weight is 417 g/mol. The van der Waals surface area contributed by atoms with Crippen LogP contribution in [0.4, 0.5) is 17.3 Å². The molecule has 3 aromatic carbocycles. The molecular weight excluding hydrogens is 396 g/mol. The van der Waals surface area contributed by atoms with Crippen LogP contribution in [0.5, 0.6) is 0 Å². The lowest BCUT2D eigenvalue weighted by molar-refractivity contribution is 0.122. The van der Waals surface area contributed by atoms with E-state index in [4.69, 9.17) is 21.3 Å². The number of halogens is 1. The largest absolute Gasteiger partial charge is 0.378 e. The van der Waals surface area contributed by atoms with Gasteiger partial charge in [0.25, 0.3) is 0 Å². The van der Waals surface area contributed by atoms with Gasteiger partial charge in [0, 0.05) is 46.6 Å². The quantitative estimate of drug-likeness (QED) is 0.474. The van der Waals surface area contributed by atoms with Gasteiger partial charge in [-0.05, 0) is 42.0 Å². The van der Waals surface area contributed by atoms with E-state index in [1.165, 1.54) is 5.69 Å². The molecule has 1 aliphatic heterocycles. The number of fused-ring (bicyclic) bond motifs is 1. The zero-order valence-electron chi connectivity index (χ0n) is 16.4. The molecule has 5 nitrogen and oxygen atoms in total. The minimum Gasteiger partial charge on any atom is -0.378 e. The van der Waals surface area contributed by atoms with E-state index < -0.39 is 0 Å². The molecule has 2 heterocycles. The number of hydrogen-bond acceptors (Lipinski definition) is 5. The van der Waals surface area contributed by atoms with E-state index in [-0.39, 0.29) is 0 Å². The van der Waals surface area contributed by atoms with Crippen molar-refractivity contribution in [2.75, 3.05) is 36.5 Å². The number of nitrogens with one attached hydrogen (secondary N) is 1. The van der Waals surface area contributed by atoms with Crippen molar-refractivity contribution < 1.29 is 4.74 Å². The molecule has 0 saturated carbocycles. The molecule has 150 valence electrons. The predicted molar refractivity (Wildman–Crippen MR) is 123 cm³/mol. The Kier molecular flexibility index (Phi) is 5.22. The average Bonchev–Trinajstić information content (AvgIpc) is 2.80. The highest BCUT2D eigenvalue weighted by atomic mass is 35.5. The lowest BCUT2D eigenvalue weighted by atomic mass is 10.0. The first-order chi connectivity index (χ1) is 14.8. The standard InChI is InChI=1S/C24H21ClN4O/c25-19-5-1-3-17(15-19)22-6-2-4-18-16-26-24(28-23(18)22)27-20-7-9-21(10-8-20)29-11-13-30-14-12-29/h1-10,15-16H,11-14H2,(H,26,27,28). The van der Waals surface area contributed by atoms with Gasteiger partial charge >= 0.3 is 0 Å². The van der Waals surface area contributed by atoms with Crippen LogP contribution >= 0.6 is 11.6 Å². The van der Waals surface area contributed by atoms with Crippen molar-refractivity contribution >= 4 is 39.8 Å². The Hall–Kier alpha value is -3.15. The van der Waals surface area contributed by atoms with E-state index in [0.717, 1.165) is 54.0 Å². The van der Waals surface area contributed by atoms with Crippen LogP contribution in [0.25, 0.3) is 22.0 Å². The number of anilines is 3. The molecule has 1 aliphatic rings. The van der Waals surface area contributed by atoms with Crippen LogP contribution in [0.2, 0.25) is 5.02 Å². The number of hydrogen-bond donors (Lipinski definition) is 1. The second kappa shape index (κ2) is 8.30. The third kappa shape index (κ3) is 3.95. The third-order valence-electron chi connectivity index (χ3n) is 5.25. The van der Waals surface area contributed by atoms with Crippen LogP contribution in [0, 0.1) is 0 Å². The van der Waals surface area contributed by atoms with Crippen LogP contribution in [0.1, 0.15) is 0 Å². The minimum atomic E-state index is 0.566. The first kappa shape index (κ1) is 18.9. The van der Waals surface area contributed by atoms with Crippen LogP contribution in [-0.2, 0) is 4.74 Å². The van der Waals surface area contributed by atoms with Crippen molar-refractivity contribution in [2.24, 2.45) is 0 Å². The van der Waals surface area contributed by atoms with E-state index >= 15 is 0 Å². The van der Waals surface area contributed by atoms with E-state index in [2.05, 4.69) is 45.5 Å². The van der Waals surface area contributed by atoms with Crippen LogP contribution < -0.4 is 10.2 Å². The Labute approximate surface area is 180 Å². The van der Waals surface area contributed by atoms with Crippen LogP contribution in [0.3, 0.4) is 0 Å². The third-order valence-corrected chi connectivity index (χ3v) is 5.48. The molecule has 1 fully saturated rings. The van der Waals surface area contributed by atoms with Crippen molar-refractivity contribution in [1.29, 1.82) is 0 Å². The van der Waals surface area contributed by atoms with Gasteiger partial charge in [-0.25, -0.2) is 9.97 Å². The molecule has 0 atom stereocenters. The van der Waals surface area contributed by atoms with Gasteiger partial charge in [0.05, 0.1) is 18.7 Å². The SMILES string of the molecule is Clc1cccc(-c2cccc3cnc(Nc4ccc(N5CCOCC5)cc4)nc23)c1. The monoisotopic (exact) mass is 416 g/mol. The Morgan fingerprint density at radius 1 is 0.933 bits per heavy atom. The smallest absolute Gasteiger partial charge is 0.227 e. The second-order valence-corrected chi connectivity index (χ2v) is 7.66. The molecule has 0 radical (unpaired) electrons. The minimum absolute atomic E-state index is 0.566. The summed E-state index contributed by atoms with van der Waals surface area (Å²) in [6.07, 6.45) is 1.85. The molecular formula is C24H21ClN4O. The fourth-order valence-electron chi connectivity index (χ4n) is 3.71. The highest BCUT2D eigenvalue weighted by Gasteiger charge is 2.11. The zero-order valence-corrected chi connectivity index (χ0v) is 17.1. The summed E-state index contributed by atoms with van der Waals surface area (Å²) in [4.78, 5) is 11.6. The summed E-state index contributed by atoms with van der Waals surface area (Å²) in [6.45, 7) is 3.40. The highest BCUT2D eigenvalue weighted by Crippen LogP contribution is 2.30. The number of benzene rings is 3. The van der Waals surface area contributed by atoms with E-state index in [1.54, 1.807) is 0 Å². The van der Waals surface area contributed by atoms with Gasteiger partial charge in [-0.1, -0.05) is 41.9 Å². The summed E-state index contributed by atoms with van der Waals surface area (Å²) in [5.74, 6) is 0.566. The van der Waals surface area contributed by atoms with Crippen molar-refractivity contribution in [3.63, 3.8) is 0 Å². The molecule has 0 spiro atoms. The van der Waals surface area contributed by atoms with Gasteiger partial charge in [0.2, 0.25) is 5.95 Å².